The quantitative estimate of drug-likeness (QED) is 0.561. The second kappa shape index (κ2) is 4.97. The fraction of sp³-hybridized carbons (Fsp3) is 0.333. The third-order valence-corrected chi connectivity index (χ3v) is 2.38. The summed E-state index contributed by atoms with van der Waals surface area (Å²) in [4.78, 5) is 14.9. The number of carbonyl (C=O) groups excluding carboxylic acids is 1. The zero-order chi connectivity index (χ0) is 12.2. The molecule has 1 aromatic rings. The van der Waals surface area contributed by atoms with Crippen LogP contribution < -0.4 is 10.2 Å². The van der Waals surface area contributed by atoms with Gasteiger partial charge in [-0.25, -0.2) is 4.99 Å². The van der Waals surface area contributed by atoms with Gasteiger partial charge in [-0.3, -0.25) is 4.79 Å². The minimum atomic E-state index is -0.965. The topological polar surface area (TPSA) is 38.7 Å². The fourth-order valence-electron chi connectivity index (χ4n) is 1.40. The smallest absolute Gasteiger partial charge is 0.288 e. The van der Waals surface area contributed by atoms with Crippen LogP contribution in [0.1, 0.15) is 13.8 Å². The summed E-state index contributed by atoms with van der Waals surface area (Å²) in [5.41, 5.74) is 0.111. The summed E-state index contributed by atoms with van der Waals surface area (Å²) in [6.45, 7) is 8.66. The maximum absolute atomic E-state index is 11.5. The van der Waals surface area contributed by atoms with Crippen molar-refractivity contribution in [1.82, 2.24) is 0 Å². The van der Waals surface area contributed by atoms with E-state index in [0.717, 1.165) is 18.5 Å². The van der Waals surface area contributed by atoms with Crippen LogP contribution in [0.3, 0.4) is 0 Å². The molecule has 3 nitrogen and oxygen atoms in total. The highest BCUT2D eigenvalue weighted by molar-refractivity contribution is 6.53. The van der Waals surface area contributed by atoms with Crippen LogP contribution in [0.5, 0.6) is 5.75 Å². The van der Waals surface area contributed by atoms with Crippen molar-refractivity contribution in [2.24, 2.45) is 4.99 Å². The molecule has 0 aromatic heterocycles. The molecule has 0 atom stereocenters. The lowest BCUT2D eigenvalue weighted by atomic mass is 9.73. The summed E-state index contributed by atoms with van der Waals surface area (Å²) in [5, 5.41) is 0. The number of ether oxygens (including phenoxy) is 1. The van der Waals surface area contributed by atoms with E-state index >= 15 is 0 Å². The first-order valence-electron chi connectivity index (χ1n) is 5.29. The van der Waals surface area contributed by atoms with Crippen LogP contribution in [0.4, 0.5) is 0 Å². The first-order valence-corrected chi connectivity index (χ1v) is 5.29. The van der Waals surface area contributed by atoms with E-state index in [1.807, 2.05) is 31.1 Å². The van der Waals surface area contributed by atoms with Crippen molar-refractivity contribution in [1.29, 1.82) is 0 Å². The molecule has 0 bridgehead atoms. The fourth-order valence-corrected chi connectivity index (χ4v) is 1.40. The summed E-state index contributed by atoms with van der Waals surface area (Å²) in [5.74, 6) is 0.366. The van der Waals surface area contributed by atoms with Gasteiger partial charge in [0.2, 0.25) is 0 Å². The third kappa shape index (κ3) is 2.72. The number of para-hydroxylation sites is 1. The molecule has 0 aliphatic carbocycles. The van der Waals surface area contributed by atoms with E-state index in [1.165, 1.54) is 0 Å². The normalized spacial score (nSPS) is 10.7. The summed E-state index contributed by atoms with van der Waals surface area (Å²) in [6, 6.07) is 7.68. The highest BCUT2D eigenvalue weighted by Crippen LogP contribution is 2.17. The van der Waals surface area contributed by atoms with Gasteiger partial charge in [-0.1, -0.05) is 25.0 Å². The van der Waals surface area contributed by atoms with Gasteiger partial charge in [-0.15, -0.1) is 0 Å². The Bertz CT molecular complexity index is 402. The maximum atomic E-state index is 11.5. The number of benzene rings is 1. The number of hydrogen-bond donors (Lipinski definition) is 0. The summed E-state index contributed by atoms with van der Waals surface area (Å²) in [7, 11) is 0.863. The van der Waals surface area contributed by atoms with E-state index < -0.39 is 5.60 Å². The number of amides is 1. The van der Waals surface area contributed by atoms with Crippen molar-refractivity contribution in [3.05, 3.63) is 24.3 Å². The average Bonchev–Trinajstić information content (AvgIpc) is 2.28. The predicted molar refractivity (Wildman–Crippen MR) is 68.4 cm³/mol. The number of hydrogen-bond acceptors (Lipinski definition) is 2. The molecule has 0 unspecified atom stereocenters. The molecule has 16 heavy (non-hydrogen) atoms. The van der Waals surface area contributed by atoms with Crippen LogP contribution in [0, 0.1) is 0 Å². The Hall–Kier alpha value is -1.58. The molecule has 1 rings (SSSR count). The molecule has 0 saturated heterocycles. The van der Waals surface area contributed by atoms with Crippen molar-refractivity contribution in [3.63, 3.8) is 0 Å². The SMILES string of the molecule is C=NC(=O)C(C)(C)Oc1ccccc1BC. The molecule has 0 N–H and O–H groups in total. The molecule has 1 aromatic carbocycles. The Labute approximate surface area is 96.8 Å². The van der Waals surface area contributed by atoms with E-state index in [-0.39, 0.29) is 5.91 Å². The first-order chi connectivity index (χ1) is 7.51. The molecule has 0 spiro atoms. The van der Waals surface area contributed by atoms with E-state index in [9.17, 15) is 4.79 Å². The maximum Gasteiger partial charge on any atom is 0.288 e. The van der Waals surface area contributed by atoms with Crippen molar-refractivity contribution >= 4 is 25.4 Å². The van der Waals surface area contributed by atoms with Crippen LogP contribution in [0.25, 0.3) is 0 Å². The Morgan fingerprint density at radius 2 is 2.06 bits per heavy atom. The van der Waals surface area contributed by atoms with Gasteiger partial charge in [0.05, 0.1) is 0 Å². The Morgan fingerprint density at radius 1 is 1.44 bits per heavy atom. The molecule has 0 heterocycles. The Kier molecular flexibility index (Phi) is 3.88. The predicted octanol–water partition coefficient (Wildman–Crippen LogP) is 1.18. The zero-order valence-corrected chi connectivity index (χ0v) is 9.99. The molecular formula is C12H16BNO2. The van der Waals surface area contributed by atoms with Gasteiger partial charge < -0.3 is 4.74 Å². The third-order valence-electron chi connectivity index (χ3n) is 2.38. The average molecular weight is 217 g/mol. The van der Waals surface area contributed by atoms with Gasteiger partial charge in [0, 0.05) is 0 Å². The summed E-state index contributed by atoms with van der Waals surface area (Å²) in [6.07, 6.45) is 0. The molecule has 0 fully saturated rings. The monoisotopic (exact) mass is 217 g/mol. The standard InChI is InChI=1S/C12H16BNO2/c1-12(2,11(15)14-4)16-10-8-6-5-7-9(10)13-3/h5-8,13H,4H2,1-3H3. The van der Waals surface area contributed by atoms with Crippen molar-refractivity contribution in [2.75, 3.05) is 0 Å². The molecule has 0 saturated carbocycles. The zero-order valence-electron chi connectivity index (χ0n) is 9.99. The molecule has 0 aliphatic rings. The van der Waals surface area contributed by atoms with Crippen LogP contribution in [-0.2, 0) is 4.79 Å². The van der Waals surface area contributed by atoms with Gasteiger partial charge in [0.15, 0.2) is 12.9 Å². The molecule has 84 valence electrons. The van der Waals surface area contributed by atoms with Crippen LogP contribution >= 0.6 is 0 Å². The van der Waals surface area contributed by atoms with Crippen molar-refractivity contribution in [3.8, 4) is 5.75 Å². The van der Waals surface area contributed by atoms with Gasteiger partial charge in [0.1, 0.15) is 5.75 Å². The highest BCUT2D eigenvalue weighted by Gasteiger charge is 2.29. The van der Waals surface area contributed by atoms with Crippen molar-refractivity contribution < 1.29 is 9.53 Å². The van der Waals surface area contributed by atoms with Gasteiger partial charge in [-0.2, -0.15) is 0 Å². The summed E-state index contributed by atoms with van der Waals surface area (Å²) >= 11 is 0. The Balaban J connectivity index is 2.95. The number of carbonyl (C=O) groups is 1. The summed E-state index contributed by atoms with van der Waals surface area (Å²) < 4.78 is 5.69. The van der Waals surface area contributed by atoms with Gasteiger partial charge >= 0.3 is 0 Å². The van der Waals surface area contributed by atoms with Crippen LogP contribution in [-0.4, -0.2) is 25.5 Å². The number of rotatable bonds is 4. The van der Waals surface area contributed by atoms with Gasteiger partial charge in [-0.05, 0) is 32.1 Å². The second-order valence-corrected chi connectivity index (χ2v) is 4.04. The lowest BCUT2D eigenvalue weighted by Gasteiger charge is -2.24. The van der Waals surface area contributed by atoms with Gasteiger partial charge in [0.25, 0.3) is 5.91 Å². The van der Waals surface area contributed by atoms with Crippen LogP contribution in [0.2, 0.25) is 6.82 Å². The lowest BCUT2D eigenvalue weighted by molar-refractivity contribution is -0.130. The van der Waals surface area contributed by atoms with E-state index in [4.69, 9.17) is 4.74 Å². The van der Waals surface area contributed by atoms with E-state index in [1.54, 1.807) is 13.8 Å². The minimum Gasteiger partial charge on any atom is -0.479 e. The van der Waals surface area contributed by atoms with Crippen molar-refractivity contribution in [2.45, 2.75) is 26.3 Å². The van der Waals surface area contributed by atoms with E-state index in [0.29, 0.717) is 0 Å². The molecule has 0 radical (unpaired) electrons. The molecular weight excluding hydrogens is 201 g/mol. The largest absolute Gasteiger partial charge is 0.479 e. The highest BCUT2D eigenvalue weighted by atomic mass is 16.5. The number of nitrogens with zero attached hydrogens (tertiary/aromatic N) is 1. The molecule has 0 aliphatic heterocycles. The van der Waals surface area contributed by atoms with E-state index in [2.05, 4.69) is 11.7 Å². The molecule has 1 amide bonds. The van der Waals surface area contributed by atoms with Crippen LogP contribution in [0.15, 0.2) is 29.3 Å². The lowest BCUT2D eigenvalue weighted by Crippen LogP contribution is -2.38. The molecule has 4 heteroatoms. The Morgan fingerprint density at radius 3 is 2.62 bits per heavy atom. The second-order valence-electron chi connectivity index (χ2n) is 4.04. The first kappa shape index (κ1) is 12.5. The number of aliphatic imine (C=N–C) groups is 1. The minimum absolute atomic E-state index is 0.363.